The molecule has 0 bridgehead atoms. The van der Waals surface area contributed by atoms with Crippen LogP contribution in [-0.2, 0) is 4.74 Å². The Morgan fingerprint density at radius 3 is 3.09 bits per heavy atom. The molecule has 1 aliphatic heterocycles. The summed E-state index contributed by atoms with van der Waals surface area (Å²) in [6.45, 7) is 1.82. The van der Waals surface area contributed by atoms with E-state index in [1.54, 1.807) is 0 Å². The molecule has 11 heavy (non-hydrogen) atoms. The van der Waals surface area contributed by atoms with Crippen molar-refractivity contribution in [1.82, 2.24) is 0 Å². The van der Waals surface area contributed by atoms with Crippen molar-refractivity contribution >= 4 is 0 Å². The quantitative estimate of drug-likeness (QED) is 0.366. The number of rotatable bonds is 2. The first-order valence-corrected chi connectivity index (χ1v) is 3.58. The molecule has 0 saturated carbocycles. The zero-order valence-corrected chi connectivity index (χ0v) is 6.34. The van der Waals surface area contributed by atoms with Crippen LogP contribution in [-0.4, -0.2) is 30.0 Å². The molecule has 0 spiro atoms. The summed E-state index contributed by atoms with van der Waals surface area (Å²) in [7, 11) is 0. The molecule has 0 aromatic rings. The molecule has 5 nitrogen and oxygen atoms in total. The maximum atomic E-state index is 8.77. The van der Waals surface area contributed by atoms with Gasteiger partial charge in [0.25, 0.3) is 0 Å². The van der Waals surface area contributed by atoms with Crippen LogP contribution in [0.3, 0.4) is 0 Å². The molecule has 0 radical (unpaired) electrons. The summed E-state index contributed by atoms with van der Waals surface area (Å²) in [6, 6.07) is -0.194. The van der Waals surface area contributed by atoms with Crippen molar-refractivity contribution in [2.75, 3.05) is 6.61 Å². The fourth-order valence-corrected chi connectivity index (χ4v) is 1.29. The Hall–Kier alpha value is -0.770. The number of aliphatic hydroxyl groups is 1. The highest BCUT2D eigenvalue weighted by atomic mass is 16.5. The van der Waals surface area contributed by atoms with Gasteiger partial charge in [-0.2, -0.15) is 0 Å². The molecule has 1 saturated heterocycles. The van der Waals surface area contributed by atoms with Crippen LogP contribution in [0.4, 0.5) is 0 Å². The number of nitrogens with zero attached hydrogens (tertiary/aromatic N) is 3. The monoisotopic (exact) mass is 157 g/mol. The Morgan fingerprint density at radius 2 is 2.55 bits per heavy atom. The topological polar surface area (TPSA) is 78.2 Å². The second-order valence-corrected chi connectivity index (χ2v) is 2.68. The summed E-state index contributed by atoms with van der Waals surface area (Å²) >= 11 is 0. The molecule has 62 valence electrons. The normalized spacial score (nSPS) is 36.7. The lowest BCUT2D eigenvalue weighted by Crippen LogP contribution is -2.22. The Kier molecular flexibility index (Phi) is 2.70. The van der Waals surface area contributed by atoms with Crippen LogP contribution < -0.4 is 0 Å². The molecule has 1 N–H and O–H groups in total. The first-order valence-electron chi connectivity index (χ1n) is 3.58. The molecule has 0 aromatic carbocycles. The van der Waals surface area contributed by atoms with Gasteiger partial charge >= 0.3 is 0 Å². The molecule has 1 heterocycles. The molecular weight excluding hydrogens is 146 g/mol. The van der Waals surface area contributed by atoms with Gasteiger partial charge in [0.15, 0.2) is 0 Å². The van der Waals surface area contributed by atoms with Crippen LogP contribution in [0.5, 0.6) is 0 Å². The third kappa shape index (κ3) is 1.83. The Labute approximate surface area is 64.6 Å². The average molecular weight is 157 g/mol. The number of ether oxygens (including phenoxy) is 1. The van der Waals surface area contributed by atoms with Gasteiger partial charge in [0.2, 0.25) is 0 Å². The van der Waals surface area contributed by atoms with Gasteiger partial charge in [-0.25, -0.2) is 0 Å². The van der Waals surface area contributed by atoms with Crippen LogP contribution in [0.2, 0.25) is 0 Å². The fourth-order valence-electron chi connectivity index (χ4n) is 1.29. The molecule has 0 aromatic heterocycles. The highest BCUT2D eigenvalue weighted by molar-refractivity contribution is 4.85. The lowest BCUT2D eigenvalue weighted by atomic mass is 10.1. The Morgan fingerprint density at radius 1 is 1.82 bits per heavy atom. The minimum Gasteiger partial charge on any atom is -0.394 e. The van der Waals surface area contributed by atoms with Crippen molar-refractivity contribution < 1.29 is 9.84 Å². The molecule has 1 fully saturated rings. The molecule has 5 heteroatoms. The number of azide groups is 1. The van der Waals surface area contributed by atoms with E-state index in [-0.39, 0.29) is 24.9 Å². The third-order valence-electron chi connectivity index (χ3n) is 1.79. The van der Waals surface area contributed by atoms with E-state index >= 15 is 0 Å². The van der Waals surface area contributed by atoms with Crippen LogP contribution in [0.1, 0.15) is 13.3 Å². The number of aliphatic hydroxyl groups excluding tert-OH is 1. The molecular formula is C6H11N3O2. The highest BCUT2D eigenvalue weighted by Gasteiger charge is 2.31. The minimum absolute atomic E-state index is 0.0754. The van der Waals surface area contributed by atoms with Gasteiger partial charge in [-0.1, -0.05) is 5.11 Å². The first kappa shape index (κ1) is 8.33. The summed E-state index contributed by atoms with van der Waals surface area (Å²) in [4.78, 5) is 2.68. The van der Waals surface area contributed by atoms with Gasteiger partial charge in [0, 0.05) is 4.91 Å². The van der Waals surface area contributed by atoms with Crippen molar-refractivity contribution in [2.24, 2.45) is 5.11 Å². The fraction of sp³-hybridized carbons (Fsp3) is 1.00. The minimum atomic E-state index is -0.305. The molecule has 1 aliphatic rings. The van der Waals surface area contributed by atoms with Crippen LogP contribution in [0, 0.1) is 0 Å². The lowest BCUT2D eigenvalue weighted by molar-refractivity contribution is 0.0157. The van der Waals surface area contributed by atoms with Crippen molar-refractivity contribution in [3.05, 3.63) is 10.4 Å². The summed E-state index contributed by atoms with van der Waals surface area (Å²) in [6.07, 6.45) is 0.485. The van der Waals surface area contributed by atoms with Crippen molar-refractivity contribution in [3.63, 3.8) is 0 Å². The molecule has 0 amide bonds. The van der Waals surface area contributed by atoms with Gasteiger partial charge < -0.3 is 9.84 Å². The van der Waals surface area contributed by atoms with Gasteiger partial charge in [0.05, 0.1) is 24.9 Å². The van der Waals surface area contributed by atoms with Gasteiger partial charge in [0.1, 0.15) is 0 Å². The van der Waals surface area contributed by atoms with E-state index in [2.05, 4.69) is 10.0 Å². The van der Waals surface area contributed by atoms with Gasteiger partial charge in [-0.15, -0.1) is 0 Å². The predicted octanol–water partition coefficient (Wildman–Crippen LogP) is 0.835. The average Bonchev–Trinajstić information content (AvgIpc) is 2.32. The van der Waals surface area contributed by atoms with E-state index in [0.29, 0.717) is 6.42 Å². The third-order valence-corrected chi connectivity index (χ3v) is 1.79. The molecule has 1 unspecified atom stereocenters. The largest absolute Gasteiger partial charge is 0.394 e. The van der Waals surface area contributed by atoms with E-state index in [1.165, 1.54) is 0 Å². The standard InChI is InChI=1S/C6H11N3O2/c1-4-2-5(8-9-7)6(3-10)11-4/h4-6,10H,2-3H2,1H3/t4-,5?,6+/m0/s1. The first-order chi connectivity index (χ1) is 5.27. The van der Waals surface area contributed by atoms with E-state index in [1.807, 2.05) is 6.92 Å². The smallest absolute Gasteiger partial charge is 0.0894 e. The van der Waals surface area contributed by atoms with Crippen molar-refractivity contribution in [3.8, 4) is 0 Å². The maximum absolute atomic E-state index is 8.77. The van der Waals surface area contributed by atoms with E-state index in [0.717, 1.165) is 0 Å². The summed E-state index contributed by atoms with van der Waals surface area (Å²) in [5, 5.41) is 12.3. The van der Waals surface area contributed by atoms with E-state index in [4.69, 9.17) is 15.4 Å². The predicted molar refractivity (Wildman–Crippen MR) is 39.0 cm³/mol. The number of hydrogen-bond donors (Lipinski definition) is 1. The van der Waals surface area contributed by atoms with Gasteiger partial charge in [-0.3, -0.25) is 0 Å². The summed E-state index contributed by atoms with van der Waals surface area (Å²) in [5.74, 6) is 0. The second kappa shape index (κ2) is 3.57. The number of hydrogen-bond acceptors (Lipinski definition) is 3. The summed E-state index contributed by atoms with van der Waals surface area (Å²) < 4.78 is 5.26. The van der Waals surface area contributed by atoms with E-state index in [9.17, 15) is 0 Å². The van der Waals surface area contributed by atoms with Crippen molar-refractivity contribution in [1.29, 1.82) is 0 Å². The summed E-state index contributed by atoms with van der Waals surface area (Å²) in [5.41, 5.74) is 8.15. The highest BCUT2D eigenvalue weighted by Crippen LogP contribution is 2.22. The Bertz CT molecular complexity index is 179. The Balaban J connectivity index is 2.56. The molecule has 3 atom stereocenters. The van der Waals surface area contributed by atoms with Crippen LogP contribution in [0.15, 0.2) is 5.11 Å². The van der Waals surface area contributed by atoms with E-state index < -0.39 is 0 Å². The van der Waals surface area contributed by atoms with Crippen molar-refractivity contribution in [2.45, 2.75) is 31.6 Å². The second-order valence-electron chi connectivity index (χ2n) is 2.68. The van der Waals surface area contributed by atoms with Crippen LogP contribution in [0.25, 0.3) is 10.4 Å². The zero-order chi connectivity index (χ0) is 8.27. The van der Waals surface area contributed by atoms with Gasteiger partial charge in [-0.05, 0) is 18.9 Å². The zero-order valence-electron chi connectivity index (χ0n) is 6.34. The molecule has 1 rings (SSSR count). The maximum Gasteiger partial charge on any atom is 0.0894 e. The molecule has 0 aliphatic carbocycles. The lowest BCUT2D eigenvalue weighted by Gasteiger charge is -2.09. The SMILES string of the molecule is C[C@H]1CC(N=[N+]=[N-])[C@@H](CO)O1. The van der Waals surface area contributed by atoms with Crippen LogP contribution >= 0.6 is 0 Å².